The highest BCUT2D eigenvalue weighted by molar-refractivity contribution is 5.92. The second kappa shape index (κ2) is 5.27. The zero-order valence-corrected chi connectivity index (χ0v) is 10.1. The van der Waals surface area contributed by atoms with Gasteiger partial charge in [0.2, 0.25) is 5.91 Å². The van der Waals surface area contributed by atoms with Gasteiger partial charge in [-0.1, -0.05) is 19.4 Å². The molecule has 3 N–H and O–H groups in total. The quantitative estimate of drug-likeness (QED) is 0.838. The summed E-state index contributed by atoms with van der Waals surface area (Å²) in [7, 11) is 0. The highest BCUT2D eigenvalue weighted by Gasteiger charge is 2.29. The molecule has 2 rings (SSSR count). The van der Waals surface area contributed by atoms with E-state index >= 15 is 0 Å². The molecule has 1 aliphatic carbocycles. The lowest BCUT2D eigenvalue weighted by molar-refractivity contribution is -0.120. The van der Waals surface area contributed by atoms with Crippen molar-refractivity contribution >= 4 is 11.7 Å². The van der Waals surface area contributed by atoms with Crippen molar-refractivity contribution in [3.8, 4) is 0 Å². The summed E-state index contributed by atoms with van der Waals surface area (Å²) in [5.41, 5.74) is 6.46. The lowest BCUT2D eigenvalue weighted by Gasteiger charge is -2.14. The third-order valence-corrected chi connectivity index (χ3v) is 3.51. The normalized spacial score (nSPS) is 23.6. The van der Waals surface area contributed by atoms with Crippen LogP contribution in [-0.2, 0) is 11.3 Å². The van der Waals surface area contributed by atoms with Crippen molar-refractivity contribution in [3.05, 3.63) is 23.9 Å². The van der Waals surface area contributed by atoms with E-state index in [9.17, 15) is 4.79 Å². The van der Waals surface area contributed by atoms with E-state index in [1.165, 1.54) is 0 Å². The first kappa shape index (κ1) is 12.0. The van der Waals surface area contributed by atoms with Crippen LogP contribution in [0.5, 0.6) is 0 Å². The van der Waals surface area contributed by atoms with Crippen LogP contribution in [0.25, 0.3) is 0 Å². The van der Waals surface area contributed by atoms with E-state index in [1.807, 2.05) is 6.07 Å². The fourth-order valence-electron chi connectivity index (χ4n) is 2.37. The molecule has 4 heteroatoms. The van der Waals surface area contributed by atoms with Crippen molar-refractivity contribution in [2.24, 2.45) is 17.6 Å². The topological polar surface area (TPSA) is 68.0 Å². The minimum atomic E-state index is 0.1000. The van der Waals surface area contributed by atoms with Gasteiger partial charge in [-0.15, -0.1) is 0 Å². The van der Waals surface area contributed by atoms with Gasteiger partial charge in [-0.3, -0.25) is 4.79 Å². The van der Waals surface area contributed by atoms with Crippen LogP contribution in [-0.4, -0.2) is 10.9 Å². The number of hydrogen-bond donors (Lipinski definition) is 2. The Bertz CT molecular complexity index is 388. The largest absolute Gasteiger partial charge is 0.326 e. The Balaban J connectivity index is 1.97. The maximum absolute atomic E-state index is 12.0. The van der Waals surface area contributed by atoms with Gasteiger partial charge in [-0.2, -0.15) is 0 Å². The average Bonchev–Trinajstić information content (AvgIpc) is 2.76. The Labute approximate surface area is 102 Å². The summed E-state index contributed by atoms with van der Waals surface area (Å²) in [6.45, 7) is 2.61. The van der Waals surface area contributed by atoms with Crippen LogP contribution in [0.4, 0.5) is 5.82 Å². The van der Waals surface area contributed by atoms with E-state index in [2.05, 4.69) is 17.2 Å². The molecule has 2 atom stereocenters. The number of rotatable bonds is 3. The summed E-state index contributed by atoms with van der Waals surface area (Å²) in [6, 6.07) is 3.69. The summed E-state index contributed by atoms with van der Waals surface area (Å²) in [5.74, 6) is 1.35. The summed E-state index contributed by atoms with van der Waals surface area (Å²) >= 11 is 0. The van der Waals surface area contributed by atoms with Crippen molar-refractivity contribution in [2.45, 2.75) is 32.7 Å². The molecule has 0 aromatic carbocycles. The Morgan fingerprint density at radius 1 is 1.53 bits per heavy atom. The van der Waals surface area contributed by atoms with Crippen LogP contribution >= 0.6 is 0 Å². The number of carbonyl (C=O) groups is 1. The fourth-order valence-corrected chi connectivity index (χ4v) is 2.37. The van der Waals surface area contributed by atoms with E-state index in [0.717, 1.165) is 24.8 Å². The fraction of sp³-hybridized carbons (Fsp3) is 0.538. The maximum Gasteiger partial charge on any atom is 0.228 e. The zero-order chi connectivity index (χ0) is 12.3. The van der Waals surface area contributed by atoms with E-state index in [4.69, 9.17) is 5.73 Å². The molecular formula is C13H19N3O. The van der Waals surface area contributed by atoms with Gasteiger partial charge in [0.15, 0.2) is 0 Å². The standard InChI is InChI=1S/C13H19N3O/c1-9-3-2-4-11(9)13(17)16-12-6-5-10(7-14)8-15-12/h5-6,8-9,11H,2-4,7,14H2,1H3,(H,15,16,17). The van der Waals surface area contributed by atoms with Gasteiger partial charge in [0.25, 0.3) is 0 Å². The molecule has 1 fully saturated rings. The number of pyridine rings is 1. The highest BCUT2D eigenvalue weighted by Crippen LogP contribution is 2.31. The van der Waals surface area contributed by atoms with Crippen molar-refractivity contribution in [2.75, 3.05) is 5.32 Å². The van der Waals surface area contributed by atoms with Gasteiger partial charge in [0.05, 0.1) is 0 Å². The van der Waals surface area contributed by atoms with E-state index in [-0.39, 0.29) is 11.8 Å². The number of amides is 1. The first-order valence-electron chi connectivity index (χ1n) is 6.16. The van der Waals surface area contributed by atoms with Gasteiger partial charge < -0.3 is 11.1 Å². The predicted molar refractivity (Wildman–Crippen MR) is 67.3 cm³/mol. The highest BCUT2D eigenvalue weighted by atomic mass is 16.2. The number of hydrogen-bond acceptors (Lipinski definition) is 3. The number of aromatic nitrogens is 1. The molecule has 1 aromatic heterocycles. The summed E-state index contributed by atoms with van der Waals surface area (Å²) in [4.78, 5) is 16.2. The maximum atomic E-state index is 12.0. The third kappa shape index (κ3) is 2.82. The number of anilines is 1. The van der Waals surface area contributed by atoms with Gasteiger partial charge in [0, 0.05) is 18.7 Å². The number of carbonyl (C=O) groups excluding carboxylic acids is 1. The van der Waals surface area contributed by atoms with Crippen LogP contribution in [0, 0.1) is 11.8 Å². The smallest absolute Gasteiger partial charge is 0.228 e. The lowest BCUT2D eigenvalue weighted by Crippen LogP contribution is -2.25. The molecule has 1 aromatic rings. The molecule has 4 nitrogen and oxygen atoms in total. The Hall–Kier alpha value is -1.42. The van der Waals surface area contributed by atoms with Crippen molar-refractivity contribution < 1.29 is 4.79 Å². The first-order chi connectivity index (χ1) is 8.20. The molecule has 0 aliphatic heterocycles. The molecule has 1 amide bonds. The number of nitrogens with two attached hydrogens (primary N) is 1. The van der Waals surface area contributed by atoms with Crippen LogP contribution < -0.4 is 11.1 Å². The van der Waals surface area contributed by atoms with Crippen LogP contribution in [0.1, 0.15) is 31.7 Å². The molecule has 0 bridgehead atoms. The third-order valence-electron chi connectivity index (χ3n) is 3.51. The van der Waals surface area contributed by atoms with Gasteiger partial charge >= 0.3 is 0 Å². The Morgan fingerprint density at radius 3 is 2.88 bits per heavy atom. The summed E-state index contributed by atoms with van der Waals surface area (Å²) < 4.78 is 0. The van der Waals surface area contributed by atoms with Crippen molar-refractivity contribution in [1.82, 2.24) is 4.98 Å². The number of nitrogens with zero attached hydrogens (tertiary/aromatic N) is 1. The lowest BCUT2D eigenvalue weighted by atomic mass is 9.97. The molecule has 17 heavy (non-hydrogen) atoms. The predicted octanol–water partition coefficient (Wildman–Crippen LogP) is 1.91. The molecule has 92 valence electrons. The summed E-state index contributed by atoms with van der Waals surface area (Å²) in [6.07, 6.45) is 5.00. The van der Waals surface area contributed by atoms with Crippen LogP contribution in [0.15, 0.2) is 18.3 Å². The second-order valence-corrected chi connectivity index (χ2v) is 4.76. The molecule has 1 saturated carbocycles. The van der Waals surface area contributed by atoms with Crippen molar-refractivity contribution in [3.63, 3.8) is 0 Å². The molecule has 0 radical (unpaired) electrons. The number of nitrogens with one attached hydrogen (secondary N) is 1. The van der Waals surface area contributed by atoms with E-state index in [0.29, 0.717) is 18.3 Å². The van der Waals surface area contributed by atoms with Crippen molar-refractivity contribution in [1.29, 1.82) is 0 Å². The average molecular weight is 233 g/mol. The minimum Gasteiger partial charge on any atom is -0.326 e. The molecule has 1 heterocycles. The van der Waals surface area contributed by atoms with Gasteiger partial charge in [-0.25, -0.2) is 4.98 Å². The zero-order valence-electron chi connectivity index (χ0n) is 10.1. The van der Waals surface area contributed by atoms with E-state index in [1.54, 1.807) is 12.3 Å². The molecule has 0 spiro atoms. The SMILES string of the molecule is CC1CCCC1C(=O)Nc1ccc(CN)cn1. The van der Waals surface area contributed by atoms with E-state index < -0.39 is 0 Å². The van der Waals surface area contributed by atoms with Crippen LogP contribution in [0.3, 0.4) is 0 Å². The first-order valence-corrected chi connectivity index (χ1v) is 6.16. The molecular weight excluding hydrogens is 214 g/mol. The van der Waals surface area contributed by atoms with Crippen LogP contribution in [0.2, 0.25) is 0 Å². The minimum absolute atomic E-state index is 0.1000. The Kier molecular flexibility index (Phi) is 3.74. The van der Waals surface area contributed by atoms with Gasteiger partial charge in [0.1, 0.15) is 5.82 Å². The molecule has 0 saturated heterocycles. The molecule has 1 aliphatic rings. The Morgan fingerprint density at radius 2 is 2.35 bits per heavy atom. The second-order valence-electron chi connectivity index (χ2n) is 4.76. The van der Waals surface area contributed by atoms with Gasteiger partial charge in [-0.05, 0) is 30.4 Å². The monoisotopic (exact) mass is 233 g/mol. The summed E-state index contributed by atoms with van der Waals surface area (Å²) in [5, 5.41) is 2.87. The molecule has 2 unspecified atom stereocenters.